The number of carbonyl (C=O) groups excluding carboxylic acids is 1. The molecule has 3 N–H and O–H groups in total. The summed E-state index contributed by atoms with van der Waals surface area (Å²) in [5, 5.41) is 11.9. The molecule has 2 rings (SSSR count). The number of primary amides is 1. The van der Waals surface area contributed by atoms with Crippen LogP contribution in [0.5, 0.6) is 0 Å². The Morgan fingerprint density at radius 1 is 1.27 bits per heavy atom. The second kappa shape index (κ2) is 7.11. The van der Waals surface area contributed by atoms with Crippen LogP contribution >= 0.6 is 23.1 Å². The van der Waals surface area contributed by atoms with E-state index in [9.17, 15) is 4.79 Å². The van der Waals surface area contributed by atoms with Crippen molar-refractivity contribution in [3.63, 3.8) is 0 Å². The molecule has 22 heavy (non-hydrogen) atoms. The minimum Gasteiger partial charge on any atom is -0.369 e. The van der Waals surface area contributed by atoms with Gasteiger partial charge in [-0.3, -0.25) is 4.79 Å². The molecule has 0 spiro atoms. The van der Waals surface area contributed by atoms with Gasteiger partial charge in [0.05, 0.1) is 5.25 Å². The Morgan fingerprint density at radius 2 is 2.00 bits per heavy atom. The summed E-state index contributed by atoms with van der Waals surface area (Å²) in [6.45, 7) is 8.09. The van der Waals surface area contributed by atoms with Crippen LogP contribution in [-0.2, 0) is 4.79 Å². The Balaban J connectivity index is 2.07. The molecule has 0 fully saturated rings. The summed E-state index contributed by atoms with van der Waals surface area (Å²) in [6.07, 6.45) is 0. The van der Waals surface area contributed by atoms with Gasteiger partial charge in [-0.1, -0.05) is 43.0 Å². The lowest BCUT2D eigenvalue weighted by Gasteiger charge is -2.14. The topological polar surface area (TPSA) is 80.9 Å². The highest BCUT2D eigenvalue weighted by Crippen LogP contribution is 2.33. The van der Waals surface area contributed by atoms with E-state index in [1.54, 1.807) is 0 Å². The van der Waals surface area contributed by atoms with Gasteiger partial charge in [0.15, 0.2) is 4.34 Å². The highest BCUT2D eigenvalue weighted by atomic mass is 32.2. The van der Waals surface area contributed by atoms with Crippen molar-refractivity contribution in [3.8, 4) is 0 Å². The molecule has 0 aliphatic heterocycles. The fourth-order valence-corrected chi connectivity index (χ4v) is 3.81. The number of nitrogens with one attached hydrogen (secondary N) is 1. The molecule has 0 aliphatic rings. The first kappa shape index (κ1) is 16.8. The molecule has 2 aromatic rings. The van der Waals surface area contributed by atoms with Gasteiger partial charge in [-0.2, -0.15) is 0 Å². The SMILES string of the molecule is Cc1ccc(Nc2nnc(S[C@H](C(N)=O)C(C)C)s2)cc1C. The van der Waals surface area contributed by atoms with E-state index in [0.717, 1.165) is 10.0 Å². The summed E-state index contributed by atoms with van der Waals surface area (Å²) in [4.78, 5) is 11.5. The number of amides is 1. The molecular weight excluding hydrogens is 316 g/mol. The van der Waals surface area contributed by atoms with Crippen LogP contribution in [0.1, 0.15) is 25.0 Å². The minimum atomic E-state index is -0.320. The molecule has 7 heteroatoms. The summed E-state index contributed by atoms with van der Waals surface area (Å²) in [5.41, 5.74) is 8.88. The Morgan fingerprint density at radius 3 is 2.59 bits per heavy atom. The minimum absolute atomic E-state index is 0.155. The molecule has 1 heterocycles. The first-order valence-corrected chi connectivity index (χ1v) is 8.70. The molecule has 0 saturated carbocycles. The molecular formula is C15H20N4OS2. The van der Waals surface area contributed by atoms with Gasteiger partial charge in [-0.25, -0.2) is 0 Å². The highest BCUT2D eigenvalue weighted by Gasteiger charge is 2.22. The number of hydrogen-bond donors (Lipinski definition) is 2. The maximum atomic E-state index is 11.5. The van der Waals surface area contributed by atoms with Gasteiger partial charge in [-0.15, -0.1) is 10.2 Å². The third-order valence-corrected chi connectivity index (χ3v) is 5.76. The molecule has 0 saturated heterocycles. The molecule has 0 bridgehead atoms. The number of aryl methyl sites for hydroxylation is 2. The second-order valence-corrected chi connectivity index (χ2v) is 7.85. The van der Waals surface area contributed by atoms with Gasteiger partial charge in [0.2, 0.25) is 11.0 Å². The van der Waals surface area contributed by atoms with E-state index in [1.165, 1.54) is 34.2 Å². The fraction of sp³-hybridized carbons (Fsp3) is 0.400. The van der Waals surface area contributed by atoms with Gasteiger partial charge in [0, 0.05) is 5.69 Å². The van der Waals surface area contributed by atoms with Crippen molar-refractivity contribution in [1.29, 1.82) is 0 Å². The number of anilines is 2. The average Bonchev–Trinajstić information content (AvgIpc) is 2.87. The maximum absolute atomic E-state index is 11.5. The second-order valence-electron chi connectivity index (χ2n) is 5.48. The zero-order valence-corrected chi connectivity index (χ0v) is 14.7. The number of nitrogens with zero attached hydrogens (tertiary/aromatic N) is 2. The molecule has 0 unspecified atom stereocenters. The summed E-state index contributed by atoms with van der Waals surface area (Å²) in [5.74, 6) is -0.165. The Kier molecular flexibility index (Phi) is 5.42. The molecule has 1 atom stereocenters. The molecule has 1 aromatic carbocycles. The Bertz CT molecular complexity index is 669. The normalized spacial score (nSPS) is 12.4. The zero-order valence-electron chi connectivity index (χ0n) is 13.1. The van der Waals surface area contributed by atoms with Crippen LogP contribution in [0.15, 0.2) is 22.5 Å². The average molecular weight is 336 g/mol. The van der Waals surface area contributed by atoms with Crippen LogP contribution in [0.3, 0.4) is 0 Å². The highest BCUT2D eigenvalue weighted by molar-refractivity contribution is 8.02. The number of benzene rings is 1. The van der Waals surface area contributed by atoms with E-state index in [-0.39, 0.29) is 17.1 Å². The quantitative estimate of drug-likeness (QED) is 0.789. The number of rotatable bonds is 6. The van der Waals surface area contributed by atoms with Gasteiger partial charge in [-0.05, 0) is 43.0 Å². The number of hydrogen-bond acceptors (Lipinski definition) is 6. The van der Waals surface area contributed by atoms with Gasteiger partial charge >= 0.3 is 0 Å². The maximum Gasteiger partial charge on any atom is 0.231 e. The van der Waals surface area contributed by atoms with Crippen molar-refractivity contribution < 1.29 is 4.79 Å². The Hall–Kier alpha value is -1.60. The molecule has 118 valence electrons. The van der Waals surface area contributed by atoms with E-state index in [1.807, 2.05) is 19.9 Å². The number of carbonyl (C=O) groups is 1. The molecule has 5 nitrogen and oxygen atoms in total. The van der Waals surface area contributed by atoms with Crippen LogP contribution in [-0.4, -0.2) is 21.4 Å². The number of thioether (sulfide) groups is 1. The van der Waals surface area contributed by atoms with E-state index in [2.05, 4.69) is 41.5 Å². The monoisotopic (exact) mass is 336 g/mol. The van der Waals surface area contributed by atoms with Crippen molar-refractivity contribution in [3.05, 3.63) is 29.3 Å². The Labute approximate surface area is 138 Å². The van der Waals surface area contributed by atoms with Crippen molar-refractivity contribution in [2.24, 2.45) is 11.7 Å². The standard InChI is InChI=1S/C15H20N4OS2/c1-8(2)12(13(16)20)21-15-19-18-14(22-15)17-11-6-5-9(3)10(4)7-11/h5-8,12H,1-4H3,(H2,16,20)(H,17,18)/t12-/m0/s1. The van der Waals surface area contributed by atoms with Gasteiger partial charge in [0.25, 0.3) is 0 Å². The molecule has 1 amide bonds. The lowest BCUT2D eigenvalue weighted by molar-refractivity contribution is -0.118. The number of nitrogens with two attached hydrogens (primary N) is 1. The van der Waals surface area contributed by atoms with E-state index in [4.69, 9.17) is 5.73 Å². The summed E-state index contributed by atoms with van der Waals surface area (Å²) in [7, 11) is 0. The van der Waals surface area contributed by atoms with Crippen molar-refractivity contribution in [2.75, 3.05) is 5.32 Å². The third-order valence-electron chi connectivity index (χ3n) is 3.28. The van der Waals surface area contributed by atoms with Crippen LogP contribution in [0, 0.1) is 19.8 Å². The predicted octanol–water partition coefficient (Wildman–Crippen LogP) is 3.50. The summed E-state index contributed by atoms with van der Waals surface area (Å²) >= 11 is 2.80. The first-order valence-electron chi connectivity index (χ1n) is 7.00. The van der Waals surface area contributed by atoms with Crippen LogP contribution in [0.25, 0.3) is 0 Å². The van der Waals surface area contributed by atoms with Gasteiger partial charge < -0.3 is 11.1 Å². The molecule has 1 aromatic heterocycles. The lowest BCUT2D eigenvalue weighted by atomic mass is 10.1. The lowest BCUT2D eigenvalue weighted by Crippen LogP contribution is -2.30. The first-order chi connectivity index (χ1) is 10.4. The van der Waals surface area contributed by atoms with E-state index in [0.29, 0.717) is 5.13 Å². The molecule has 0 aliphatic carbocycles. The van der Waals surface area contributed by atoms with Crippen LogP contribution < -0.4 is 11.1 Å². The van der Waals surface area contributed by atoms with Gasteiger partial charge in [0.1, 0.15) is 0 Å². The van der Waals surface area contributed by atoms with Crippen molar-refractivity contribution in [2.45, 2.75) is 37.3 Å². The zero-order chi connectivity index (χ0) is 16.3. The smallest absolute Gasteiger partial charge is 0.231 e. The van der Waals surface area contributed by atoms with Crippen LogP contribution in [0.2, 0.25) is 0 Å². The number of aromatic nitrogens is 2. The summed E-state index contributed by atoms with van der Waals surface area (Å²) in [6, 6.07) is 6.15. The molecule has 0 radical (unpaired) electrons. The van der Waals surface area contributed by atoms with Crippen molar-refractivity contribution >= 4 is 39.8 Å². The van der Waals surface area contributed by atoms with Crippen LogP contribution in [0.4, 0.5) is 10.8 Å². The summed E-state index contributed by atoms with van der Waals surface area (Å²) < 4.78 is 0.740. The van der Waals surface area contributed by atoms with E-state index >= 15 is 0 Å². The largest absolute Gasteiger partial charge is 0.369 e. The predicted molar refractivity (Wildman–Crippen MR) is 92.8 cm³/mol. The van der Waals surface area contributed by atoms with Crippen molar-refractivity contribution in [1.82, 2.24) is 10.2 Å². The third kappa shape index (κ3) is 4.20. The van der Waals surface area contributed by atoms with E-state index < -0.39 is 0 Å². The fourth-order valence-electron chi connectivity index (χ4n) is 1.88.